The highest BCUT2D eigenvalue weighted by molar-refractivity contribution is 5.97. The number of hydrogen-bond donors (Lipinski definition) is 2. The van der Waals surface area contributed by atoms with Crippen molar-refractivity contribution in [3.63, 3.8) is 0 Å². The highest BCUT2D eigenvalue weighted by atomic mass is 16.1. The molecule has 0 unspecified atom stereocenters. The molecule has 1 saturated heterocycles. The molecule has 3 heterocycles. The fourth-order valence-electron chi connectivity index (χ4n) is 5.06. The molecular formula is C31H31N7O. The van der Waals surface area contributed by atoms with Crippen molar-refractivity contribution in [2.24, 2.45) is 5.73 Å². The summed E-state index contributed by atoms with van der Waals surface area (Å²) >= 11 is 0. The first kappa shape index (κ1) is 26.0. The lowest BCUT2D eigenvalue weighted by atomic mass is 9.95. The number of hydrogen-bond acceptors (Lipinski definition) is 7. The molecule has 1 aliphatic heterocycles. The molecule has 4 aromatic rings. The first-order chi connectivity index (χ1) is 19.0. The third-order valence-corrected chi connectivity index (χ3v) is 7.12. The fourth-order valence-corrected chi connectivity index (χ4v) is 5.06. The smallest absolute Gasteiger partial charge is 0.250 e. The summed E-state index contributed by atoms with van der Waals surface area (Å²) in [5.74, 6) is 0.428. The third-order valence-electron chi connectivity index (χ3n) is 7.12. The largest absolute Gasteiger partial charge is 0.367 e. The molecule has 8 heteroatoms. The molecule has 0 atom stereocenters. The minimum absolute atomic E-state index is 0.182. The van der Waals surface area contributed by atoms with E-state index in [2.05, 4.69) is 44.5 Å². The van der Waals surface area contributed by atoms with Gasteiger partial charge in [0.15, 0.2) is 0 Å². The van der Waals surface area contributed by atoms with E-state index >= 15 is 0 Å². The Labute approximate surface area is 228 Å². The van der Waals surface area contributed by atoms with E-state index in [0.717, 1.165) is 54.9 Å². The van der Waals surface area contributed by atoms with E-state index in [4.69, 9.17) is 16.0 Å². The molecule has 39 heavy (non-hydrogen) atoms. The summed E-state index contributed by atoms with van der Waals surface area (Å²) in [4.78, 5) is 27.7. The highest BCUT2D eigenvalue weighted by Gasteiger charge is 2.20. The van der Waals surface area contributed by atoms with Crippen molar-refractivity contribution in [3.05, 3.63) is 95.6 Å². The molecule has 1 aliphatic rings. The lowest BCUT2D eigenvalue weighted by molar-refractivity contribution is 0.0999. The number of aryl methyl sites for hydroxylation is 1. The molecule has 0 radical (unpaired) electrons. The number of likely N-dealkylation sites (tertiary alicyclic amines) is 1. The van der Waals surface area contributed by atoms with Crippen molar-refractivity contribution in [2.45, 2.75) is 38.8 Å². The van der Waals surface area contributed by atoms with Crippen LogP contribution in [0, 0.1) is 11.3 Å². The maximum Gasteiger partial charge on any atom is 0.250 e. The van der Waals surface area contributed by atoms with Crippen LogP contribution in [0.4, 0.5) is 5.82 Å². The van der Waals surface area contributed by atoms with E-state index in [1.807, 2.05) is 49.4 Å². The quantitative estimate of drug-likeness (QED) is 0.344. The Kier molecular flexibility index (Phi) is 7.90. The zero-order chi connectivity index (χ0) is 27.2. The van der Waals surface area contributed by atoms with Crippen LogP contribution in [-0.4, -0.2) is 44.9 Å². The summed E-state index contributed by atoms with van der Waals surface area (Å²) < 4.78 is 0. The second-order valence-electron chi connectivity index (χ2n) is 9.73. The Bertz CT molecular complexity index is 1490. The highest BCUT2D eigenvalue weighted by Crippen LogP contribution is 2.33. The van der Waals surface area contributed by atoms with E-state index in [1.54, 1.807) is 12.3 Å². The molecular weight excluding hydrogens is 486 g/mol. The molecule has 2 aromatic carbocycles. The molecule has 0 spiro atoms. The Morgan fingerprint density at radius 3 is 2.46 bits per heavy atom. The van der Waals surface area contributed by atoms with Gasteiger partial charge < -0.3 is 11.1 Å². The van der Waals surface area contributed by atoms with Crippen LogP contribution in [-0.2, 0) is 13.0 Å². The molecule has 3 N–H and O–H groups in total. The number of piperidine rings is 1. The lowest BCUT2D eigenvalue weighted by Gasteiger charge is -2.32. The number of anilines is 1. The van der Waals surface area contributed by atoms with Gasteiger partial charge in [-0.1, -0.05) is 61.5 Å². The molecule has 1 fully saturated rings. The van der Waals surface area contributed by atoms with Crippen LogP contribution in [0.5, 0.6) is 0 Å². The second-order valence-corrected chi connectivity index (χ2v) is 9.73. The Morgan fingerprint density at radius 1 is 1.05 bits per heavy atom. The van der Waals surface area contributed by atoms with E-state index in [0.29, 0.717) is 29.5 Å². The number of nitrogens with one attached hydrogen (secondary N) is 1. The number of carbonyl (C=O) groups is 1. The number of amides is 1. The monoisotopic (exact) mass is 517 g/mol. The number of nitrogens with zero attached hydrogens (tertiary/aromatic N) is 5. The first-order valence-corrected chi connectivity index (χ1v) is 13.2. The average Bonchev–Trinajstić information content (AvgIpc) is 2.98. The molecule has 0 aliphatic carbocycles. The summed E-state index contributed by atoms with van der Waals surface area (Å²) in [5, 5.41) is 12.5. The zero-order valence-corrected chi connectivity index (χ0v) is 22.0. The average molecular weight is 518 g/mol. The minimum Gasteiger partial charge on any atom is -0.367 e. The zero-order valence-electron chi connectivity index (χ0n) is 22.0. The van der Waals surface area contributed by atoms with Gasteiger partial charge in [0.2, 0.25) is 5.82 Å². The number of benzene rings is 2. The standard InChI is InChI=1S/C31H31N7O/c1-2-27-26(31(33)39)18-25(22-6-4-3-5-7-22)30(36-27)23-10-8-21(9-11-23)20-38-16-13-24(14-17-38)35-28-12-15-34-29(19-32)37-28/h3-12,15,18,24H,2,13-14,16-17,20H2,1H3,(H2,33,39)(H,34,35,37). The van der Waals surface area contributed by atoms with Gasteiger partial charge in [-0.05, 0) is 42.5 Å². The van der Waals surface area contributed by atoms with E-state index < -0.39 is 5.91 Å². The van der Waals surface area contributed by atoms with Gasteiger partial charge in [0.1, 0.15) is 11.9 Å². The van der Waals surface area contributed by atoms with Crippen molar-refractivity contribution in [1.29, 1.82) is 5.26 Å². The predicted octanol–water partition coefficient (Wildman–Crippen LogP) is 4.82. The van der Waals surface area contributed by atoms with Gasteiger partial charge in [-0.2, -0.15) is 5.26 Å². The number of primary amides is 1. The Balaban J connectivity index is 1.29. The fraction of sp³-hybridized carbons (Fsp3) is 0.258. The van der Waals surface area contributed by atoms with E-state index in [9.17, 15) is 4.79 Å². The van der Waals surface area contributed by atoms with Gasteiger partial charge >= 0.3 is 0 Å². The first-order valence-electron chi connectivity index (χ1n) is 13.2. The number of nitrogens with two attached hydrogens (primary N) is 1. The summed E-state index contributed by atoms with van der Waals surface area (Å²) in [6.45, 7) is 4.81. The lowest BCUT2D eigenvalue weighted by Crippen LogP contribution is -2.38. The van der Waals surface area contributed by atoms with Crippen molar-refractivity contribution >= 4 is 11.7 Å². The Morgan fingerprint density at radius 2 is 1.79 bits per heavy atom. The maximum atomic E-state index is 12.1. The topological polar surface area (TPSA) is 121 Å². The van der Waals surface area contributed by atoms with Crippen molar-refractivity contribution in [1.82, 2.24) is 19.9 Å². The maximum absolute atomic E-state index is 12.1. The number of nitriles is 1. The summed E-state index contributed by atoms with van der Waals surface area (Å²) in [6, 6.07) is 24.5. The number of aromatic nitrogens is 3. The number of rotatable bonds is 8. The van der Waals surface area contributed by atoms with Crippen LogP contribution < -0.4 is 11.1 Å². The van der Waals surface area contributed by atoms with Gasteiger partial charge in [-0.3, -0.25) is 14.7 Å². The molecule has 8 nitrogen and oxygen atoms in total. The van der Waals surface area contributed by atoms with Crippen LogP contribution in [0.3, 0.4) is 0 Å². The second kappa shape index (κ2) is 11.8. The molecule has 0 bridgehead atoms. The summed E-state index contributed by atoms with van der Waals surface area (Å²) in [6.07, 6.45) is 4.24. The van der Waals surface area contributed by atoms with Gasteiger partial charge in [-0.25, -0.2) is 9.97 Å². The van der Waals surface area contributed by atoms with E-state index in [-0.39, 0.29) is 5.82 Å². The summed E-state index contributed by atoms with van der Waals surface area (Å²) in [5.41, 5.74) is 11.9. The molecule has 2 aromatic heterocycles. The van der Waals surface area contributed by atoms with Crippen molar-refractivity contribution in [2.75, 3.05) is 18.4 Å². The minimum atomic E-state index is -0.457. The molecule has 0 saturated carbocycles. The van der Waals surface area contributed by atoms with Crippen LogP contribution in [0.1, 0.15) is 47.2 Å². The molecule has 196 valence electrons. The Hall–Kier alpha value is -4.61. The number of carbonyl (C=O) groups excluding carboxylic acids is 1. The van der Waals surface area contributed by atoms with Gasteiger partial charge in [-0.15, -0.1) is 0 Å². The van der Waals surface area contributed by atoms with Gasteiger partial charge in [0.25, 0.3) is 5.91 Å². The molecule has 5 rings (SSSR count). The van der Waals surface area contributed by atoms with Crippen LogP contribution in [0.15, 0.2) is 72.9 Å². The predicted molar refractivity (Wildman–Crippen MR) is 152 cm³/mol. The van der Waals surface area contributed by atoms with Gasteiger partial charge in [0.05, 0.1) is 17.0 Å². The van der Waals surface area contributed by atoms with Crippen LogP contribution in [0.25, 0.3) is 22.4 Å². The van der Waals surface area contributed by atoms with Crippen LogP contribution in [0.2, 0.25) is 0 Å². The van der Waals surface area contributed by atoms with Gasteiger partial charge in [0, 0.05) is 43.0 Å². The van der Waals surface area contributed by atoms with Crippen LogP contribution >= 0.6 is 0 Å². The van der Waals surface area contributed by atoms with Crippen molar-refractivity contribution < 1.29 is 4.79 Å². The van der Waals surface area contributed by atoms with Crippen molar-refractivity contribution in [3.8, 4) is 28.5 Å². The van der Waals surface area contributed by atoms with E-state index in [1.165, 1.54) is 5.56 Å². The normalized spacial score (nSPS) is 14.1. The third kappa shape index (κ3) is 6.11. The SMILES string of the molecule is CCc1nc(-c2ccc(CN3CCC(Nc4ccnc(C#N)n4)CC3)cc2)c(-c2ccccc2)cc1C(N)=O. The molecule has 1 amide bonds. The summed E-state index contributed by atoms with van der Waals surface area (Å²) in [7, 11) is 0. The number of pyridine rings is 1.